The third-order valence-electron chi connectivity index (χ3n) is 1.12. The fourth-order valence-electron chi connectivity index (χ4n) is 0.642. The number of thioether (sulfide) groups is 1. The lowest BCUT2D eigenvalue weighted by Gasteiger charge is -1.90. The van der Waals surface area contributed by atoms with E-state index in [-0.39, 0.29) is 0 Å². The Morgan fingerprint density at radius 2 is 2.60 bits per heavy atom. The van der Waals surface area contributed by atoms with Gasteiger partial charge in [0.05, 0.1) is 12.0 Å². The highest BCUT2D eigenvalue weighted by atomic mass is 32.2. The molecule has 1 aromatic rings. The minimum absolute atomic E-state index is 0.709. The first-order valence-corrected chi connectivity index (χ1v) is 3.93. The molecule has 0 atom stereocenters. The molecule has 1 rings (SSSR count). The van der Waals surface area contributed by atoms with Crippen molar-refractivity contribution < 1.29 is 4.42 Å². The molecule has 0 aliphatic rings. The summed E-state index contributed by atoms with van der Waals surface area (Å²) in [6, 6.07) is 1.93. The zero-order valence-corrected chi connectivity index (χ0v) is 6.57. The lowest BCUT2D eigenvalue weighted by molar-refractivity contribution is 0.527. The van der Waals surface area contributed by atoms with E-state index < -0.39 is 0 Å². The van der Waals surface area contributed by atoms with Gasteiger partial charge in [0.1, 0.15) is 5.76 Å². The Morgan fingerprint density at radius 1 is 1.80 bits per heavy atom. The number of hydrogen-bond acceptors (Lipinski definition) is 2. The first-order valence-electron chi connectivity index (χ1n) is 2.95. The fourth-order valence-corrected chi connectivity index (χ4v) is 1.28. The highest BCUT2D eigenvalue weighted by Gasteiger charge is 1.98. The van der Waals surface area contributed by atoms with E-state index in [9.17, 15) is 0 Å². The molecule has 0 aliphatic heterocycles. The maximum absolute atomic E-state index is 5.09. The molecular weight excluding hydrogens is 144 g/mol. The summed E-state index contributed by atoms with van der Waals surface area (Å²) < 4.78 is 5.07. The highest BCUT2D eigenvalue weighted by Crippen LogP contribution is 2.21. The van der Waals surface area contributed by atoms with Crippen LogP contribution in [0.15, 0.2) is 21.6 Å². The SMILES string of the molecule is C#CCSc1ccoc1C. The van der Waals surface area contributed by atoms with Crippen molar-refractivity contribution in [1.29, 1.82) is 0 Å². The number of furan rings is 1. The zero-order chi connectivity index (χ0) is 7.40. The largest absolute Gasteiger partial charge is 0.468 e. The van der Waals surface area contributed by atoms with E-state index >= 15 is 0 Å². The molecule has 10 heavy (non-hydrogen) atoms. The number of hydrogen-bond donors (Lipinski definition) is 0. The van der Waals surface area contributed by atoms with Crippen molar-refractivity contribution in [2.45, 2.75) is 11.8 Å². The molecule has 0 aromatic carbocycles. The van der Waals surface area contributed by atoms with E-state index in [2.05, 4.69) is 5.92 Å². The third-order valence-corrected chi connectivity index (χ3v) is 2.17. The first kappa shape index (κ1) is 7.30. The van der Waals surface area contributed by atoms with Crippen molar-refractivity contribution in [1.82, 2.24) is 0 Å². The standard InChI is InChI=1S/C8H8OS/c1-3-6-10-8-4-5-9-7(8)2/h1,4-5H,6H2,2H3. The van der Waals surface area contributed by atoms with Crippen LogP contribution in [0.5, 0.6) is 0 Å². The van der Waals surface area contributed by atoms with E-state index in [1.54, 1.807) is 18.0 Å². The molecule has 0 bridgehead atoms. The molecule has 0 fully saturated rings. The van der Waals surface area contributed by atoms with E-state index in [1.807, 2.05) is 13.0 Å². The Balaban J connectivity index is 2.59. The molecule has 0 amide bonds. The molecule has 0 unspecified atom stereocenters. The van der Waals surface area contributed by atoms with Crippen LogP contribution in [0, 0.1) is 19.3 Å². The van der Waals surface area contributed by atoms with Crippen molar-refractivity contribution in [2.75, 3.05) is 5.75 Å². The van der Waals surface area contributed by atoms with Gasteiger partial charge in [0.25, 0.3) is 0 Å². The average Bonchev–Trinajstić information content (AvgIpc) is 2.31. The van der Waals surface area contributed by atoms with Gasteiger partial charge in [-0.15, -0.1) is 18.2 Å². The lowest BCUT2D eigenvalue weighted by Crippen LogP contribution is -1.71. The smallest absolute Gasteiger partial charge is 0.114 e. The summed E-state index contributed by atoms with van der Waals surface area (Å²) in [4.78, 5) is 1.14. The summed E-state index contributed by atoms with van der Waals surface area (Å²) in [5, 5.41) is 0. The third kappa shape index (κ3) is 1.58. The van der Waals surface area contributed by atoms with Crippen molar-refractivity contribution in [2.24, 2.45) is 0 Å². The van der Waals surface area contributed by atoms with Crippen molar-refractivity contribution in [3.63, 3.8) is 0 Å². The Labute approximate surface area is 64.8 Å². The minimum Gasteiger partial charge on any atom is -0.468 e. The minimum atomic E-state index is 0.709. The molecular formula is C8H8OS. The van der Waals surface area contributed by atoms with Gasteiger partial charge in [0.2, 0.25) is 0 Å². The monoisotopic (exact) mass is 152 g/mol. The van der Waals surface area contributed by atoms with Crippen LogP contribution < -0.4 is 0 Å². The Hall–Kier alpha value is -0.810. The number of rotatable bonds is 2. The zero-order valence-electron chi connectivity index (χ0n) is 5.76. The molecule has 0 spiro atoms. The normalized spacial score (nSPS) is 9.20. The van der Waals surface area contributed by atoms with E-state index in [0.717, 1.165) is 10.7 Å². The topological polar surface area (TPSA) is 13.1 Å². The van der Waals surface area contributed by atoms with Gasteiger partial charge in [-0.25, -0.2) is 0 Å². The molecule has 0 radical (unpaired) electrons. The van der Waals surface area contributed by atoms with Crippen LogP contribution in [0.2, 0.25) is 0 Å². The van der Waals surface area contributed by atoms with Crippen LogP contribution in [0.1, 0.15) is 5.76 Å². The van der Waals surface area contributed by atoms with Crippen LogP contribution in [-0.4, -0.2) is 5.75 Å². The van der Waals surface area contributed by atoms with E-state index in [1.165, 1.54) is 0 Å². The summed E-state index contributed by atoms with van der Waals surface area (Å²) in [6.07, 6.45) is 6.77. The van der Waals surface area contributed by atoms with E-state index in [4.69, 9.17) is 10.8 Å². The average molecular weight is 152 g/mol. The Bertz CT molecular complexity index is 244. The molecule has 0 N–H and O–H groups in total. The lowest BCUT2D eigenvalue weighted by atomic mass is 10.5. The summed E-state index contributed by atoms with van der Waals surface area (Å²) in [7, 11) is 0. The van der Waals surface area contributed by atoms with Gasteiger partial charge >= 0.3 is 0 Å². The quantitative estimate of drug-likeness (QED) is 0.476. The molecule has 52 valence electrons. The van der Waals surface area contributed by atoms with Crippen LogP contribution in [-0.2, 0) is 0 Å². The van der Waals surface area contributed by atoms with Crippen LogP contribution in [0.25, 0.3) is 0 Å². The predicted octanol–water partition coefficient (Wildman–Crippen LogP) is 2.31. The van der Waals surface area contributed by atoms with Crippen molar-refractivity contribution in [3.8, 4) is 12.3 Å². The number of aryl methyl sites for hydroxylation is 1. The second kappa shape index (κ2) is 3.38. The predicted molar refractivity (Wildman–Crippen MR) is 43.0 cm³/mol. The molecule has 0 saturated heterocycles. The van der Waals surface area contributed by atoms with Crippen LogP contribution >= 0.6 is 11.8 Å². The molecule has 1 heterocycles. The molecule has 1 aromatic heterocycles. The van der Waals surface area contributed by atoms with Gasteiger partial charge in [-0.05, 0) is 13.0 Å². The van der Waals surface area contributed by atoms with Crippen LogP contribution in [0.3, 0.4) is 0 Å². The molecule has 1 nitrogen and oxygen atoms in total. The Morgan fingerprint density at radius 3 is 3.10 bits per heavy atom. The van der Waals surface area contributed by atoms with Crippen molar-refractivity contribution >= 4 is 11.8 Å². The van der Waals surface area contributed by atoms with Gasteiger partial charge < -0.3 is 4.42 Å². The van der Waals surface area contributed by atoms with Gasteiger partial charge in [0.15, 0.2) is 0 Å². The summed E-state index contributed by atoms with van der Waals surface area (Å²) in [5.74, 6) is 4.21. The second-order valence-electron chi connectivity index (χ2n) is 1.83. The first-order chi connectivity index (χ1) is 4.84. The molecule has 0 aliphatic carbocycles. The fraction of sp³-hybridized carbons (Fsp3) is 0.250. The molecule has 2 heteroatoms. The maximum atomic E-state index is 5.09. The van der Waals surface area contributed by atoms with Crippen molar-refractivity contribution in [3.05, 3.63) is 18.1 Å². The number of terminal acetylenes is 1. The van der Waals surface area contributed by atoms with Gasteiger partial charge in [-0.3, -0.25) is 0 Å². The molecule has 0 saturated carbocycles. The highest BCUT2D eigenvalue weighted by molar-refractivity contribution is 7.99. The van der Waals surface area contributed by atoms with E-state index in [0.29, 0.717) is 5.75 Å². The van der Waals surface area contributed by atoms with Crippen LogP contribution in [0.4, 0.5) is 0 Å². The summed E-state index contributed by atoms with van der Waals surface area (Å²) in [5.41, 5.74) is 0. The summed E-state index contributed by atoms with van der Waals surface area (Å²) >= 11 is 1.62. The summed E-state index contributed by atoms with van der Waals surface area (Å²) in [6.45, 7) is 1.93. The Kier molecular flexibility index (Phi) is 2.47. The van der Waals surface area contributed by atoms with Gasteiger partial charge in [-0.2, -0.15) is 0 Å². The van der Waals surface area contributed by atoms with Gasteiger partial charge in [0, 0.05) is 4.90 Å². The maximum Gasteiger partial charge on any atom is 0.114 e. The second-order valence-corrected chi connectivity index (χ2v) is 2.85. The van der Waals surface area contributed by atoms with Gasteiger partial charge in [-0.1, -0.05) is 5.92 Å².